The first kappa shape index (κ1) is 14.4. The monoisotopic (exact) mass is 252 g/mol. The SMILES string of the molecule is COC(=O)C(C)(C)c1ccc(OC)c(C)c1OC. The number of esters is 1. The zero-order valence-electron chi connectivity index (χ0n) is 11.8. The molecule has 1 aromatic rings. The summed E-state index contributed by atoms with van der Waals surface area (Å²) in [5, 5.41) is 0. The minimum absolute atomic E-state index is 0.301. The van der Waals surface area contributed by atoms with Gasteiger partial charge in [-0.05, 0) is 26.8 Å². The van der Waals surface area contributed by atoms with E-state index in [2.05, 4.69) is 0 Å². The van der Waals surface area contributed by atoms with Gasteiger partial charge in [0.15, 0.2) is 0 Å². The fraction of sp³-hybridized carbons (Fsp3) is 0.500. The van der Waals surface area contributed by atoms with E-state index in [1.54, 1.807) is 14.2 Å². The Balaban J connectivity index is 3.42. The van der Waals surface area contributed by atoms with Gasteiger partial charge in [0.05, 0.1) is 26.7 Å². The Bertz CT molecular complexity index is 449. The first-order valence-corrected chi connectivity index (χ1v) is 5.70. The number of methoxy groups -OCH3 is 3. The standard InChI is InChI=1S/C14H20O4/c1-9-11(16-4)8-7-10(12(9)17-5)14(2,3)13(15)18-6/h7-8H,1-6H3. The Labute approximate surface area is 108 Å². The second-order valence-corrected chi connectivity index (χ2v) is 4.59. The number of ether oxygens (including phenoxy) is 3. The molecule has 0 aliphatic rings. The van der Waals surface area contributed by atoms with Crippen molar-refractivity contribution in [2.24, 2.45) is 0 Å². The van der Waals surface area contributed by atoms with Crippen molar-refractivity contribution in [3.05, 3.63) is 23.3 Å². The van der Waals surface area contributed by atoms with Crippen molar-refractivity contribution >= 4 is 5.97 Å². The average Bonchev–Trinajstić information content (AvgIpc) is 2.37. The fourth-order valence-corrected chi connectivity index (χ4v) is 2.02. The zero-order chi connectivity index (χ0) is 13.9. The molecule has 0 amide bonds. The lowest BCUT2D eigenvalue weighted by atomic mass is 9.83. The molecule has 0 aromatic heterocycles. The summed E-state index contributed by atoms with van der Waals surface area (Å²) in [5.74, 6) is 1.09. The molecule has 0 aliphatic heterocycles. The van der Waals surface area contributed by atoms with Crippen LogP contribution in [0.2, 0.25) is 0 Å². The predicted octanol–water partition coefficient (Wildman–Crippen LogP) is 2.46. The fourth-order valence-electron chi connectivity index (χ4n) is 2.02. The van der Waals surface area contributed by atoms with E-state index in [9.17, 15) is 4.79 Å². The van der Waals surface area contributed by atoms with Crippen LogP contribution in [0.15, 0.2) is 12.1 Å². The van der Waals surface area contributed by atoms with Crippen LogP contribution in [0, 0.1) is 6.92 Å². The summed E-state index contributed by atoms with van der Waals surface area (Å²) in [7, 11) is 4.57. The van der Waals surface area contributed by atoms with Gasteiger partial charge in [0.2, 0.25) is 0 Å². The van der Waals surface area contributed by atoms with Gasteiger partial charge < -0.3 is 14.2 Å². The molecule has 0 saturated carbocycles. The quantitative estimate of drug-likeness (QED) is 0.772. The molecule has 4 nitrogen and oxygen atoms in total. The molecule has 0 spiro atoms. The molecule has 0 bridgehead atoms. The molecule has 0 aliphatic carbocycles. The van der Waals surface area contributed by atoms with Gasteiger partial charge in [-0.2, -0.15) is 0 Å². The third kappa shape index (κ3) is 2.28. The van der Waals surface area contributed by atoms with Crippen LogP contribution in [0.4, 0.5) is 0 Å². The lowest BCUT2D eigenvalue weighted by molar-refractivity contribution is -0.146. The maximum atomic E-state index is 11.9. The van der Waals surface area contributed by atoms with Crippen LogP contribution in [0.3, 0.4) is 0 Å². The second kappa shape index (κ2) is 5.29. The van der Waals surface area contributed by atoms with Gasteiger partial charge in [-0.3, -0.25) is 4.79 Å². The highest BCUT2D eigenvalue weighted by molar-refractivity contribution is 5.83. The van der Waals surface area contributed by atoms with Crippen LogP contribution >= 0.6 is 0 Å². The number of carbonyl (C=O) groups is 1. The third-order valence-corrected chi connectivity index (χ3v) is 3.15. The number of hydrogen-bond acceptors (Lipinski definition) is 4. The number of benzene rings is 1. The van der Waals surface area contributed by atoms with Crippen molar-refractivity contribution in [3.8, 4) is 11.5 Å². The topological polar surface area (TPSA) is 44.8 Å². The van der Waals surface area contributed by atoms with Crippen LogP contribution in [0.1, 0.15) is 25.0 Å². The first-order valence-electron chi connectivity index (χ1n) is 5.70. The lowest BCUT2D eigenvalue weighted by Crippen LogP contribution is -2.30. The molecule has 0 radical (unpaired) electrons. The Hall–Kier alpha value is -1.71. The van der Waals surface area contributed by atoms with Gasteiger partial charge >= 0.3 is 5.97 Å². The number of rotatable bonds is 4. The third-order valence-electron chi connectivity index (χ3n) is 3.15. The Morgan fingerprint density at radius 3 is 2.17 bits per heavy atom. The maximum absolute atomic E-state index is 11.9. The van der Waals surface area contributed by atoms with Gasteiger partial charge in [-0.15, -0.1) is 0 Å². The molecule has 0 atom stereocenters. The Kier molecular flexibility index (Phi) is 4.22. The van der Waals surface area contributed by atoms with Crippen molar-refractivity contribution in [3.63, 3.8) is 0 Å². The van der Waals surface area contributed by atoms with Crippen LogP contribution in [-0.4, -0.2) is 27.3 Å². The highest BCUT2D eigenvalue weighted by Crippen LogP contribution is 2.38. The van der Waals surface area contributed by atoms with Crippen LogP contribution < -0.4 is 9.47 Å². The molecule has 1 aromatic carbocycles. The number of hydrogen-bond donors (Lipinski definition) is 0. The zero-order valence-corrected chi connectivity index (χ0v) is 11.8. The summed E-state index contributed by atoms with van der Waals surface area (Å²) < 4.78 is 15.5. The van der Waals surface area contributed by atoms with Crippen LogP contribution in [-0.2, 0) is 14.9 Å². The molecular weight excluding hydrogens is 232 g/mol. The molecule has 0 N–H and O–H groups in total. The summed E-state index contributed by atoms with van der Waals surface area (Å²) in [6.07, 6.45) is 0. The van der Waals surface area contributed by atoms with E-state index in [0.29, 0.717) is 5.75 Å². The first-order chi connectivity index (χ1) is 8.39. The van der Waals surface area contributed by atoms with Gasteiger partial charge in [0, 0.05) is 11.1 Å². The molecule has 100 valence electrons. The molecule has 0 saturated heterocycles. The molecule has 0 unspecified atom stereocenters. The summed E-state index contributed by atoms with van der Waals surface area (Å²) in [6.45, 7) is 5.51. The van der Waals surface area contributed by atoms with E-state index in [-0.39, 0.29) is 5.97 Å². The molecule has 0 heterocycles. The molecule has 0 fully saturated rings. The van der Waals surface area contributed by atoms with E-state index in [0.717, 1.165) is 16.9 Å². The van der Waals surface area contributed by atoms with E-state index >= 15 is 0 Å². The van der Waals surface area contributed by atoms with Crippen molar-refractivity contribution in [1.82, 2.24) is 0 Å². The highest BCUT2D eigenvalue weighted by Gasteiger charge is 2.34. The predicted molar refractivity (Wildman–Crippen MR) is 69.3 cm³/mol. The van der Waals surface area contributed by atoms with Gasteiger partial charge in [-0.1, -0.05) is 6.07 Å². The van der Waals surface area contributed by atoms with E-state index in [1.807, 2.05) is 32.9 Å². The van der Waals surface area contributed by atoms with Crippen molar-refractivity contribution in [1.29, 1.82) is 0 Å². The van der Waals surface area contributed by atoms with E-state index < -0.39 is 5.41 Å². The largest absolute Gasteiger partial charge is 0.496 e. The average molecular weight is 252 g/mol. The van der Waals surface area contributed by atoms with Crippen LogP contribution in [0.5, 0.6) is 11.5 Å². The summed E-state index contributed by atoms with van der Waals surface area (Å²) >= 11 is 0. The van der Waals surface area contributed by atoms with Gasteiger partial charge in [0.1, 0.15) is 11.5 Å². The molecular formula is C14H20O4. The normalized spacial score (nSPS) is 11.0. The minimum Gasteiger partial charge on any atom is -0.496 e. The van der Waals surface area contributed by atoms with Gasteiger partial charge in [-0.25, -0.2) is 0 Å². The second-order valence-electron chi connectivity index (χ2n) is 4.59. The van der Waals surface area contributed by atoms with Crippen molar-refractivity contribution in [2.45, 2.75) is 26.2 Å². The summed E-state index contributed by atoms with van der Waals surface area (Å²) in [6, 6.07) is 3.67. The summed E-state index contributed by atoms with van der Waals surface area (Å²) in [4.78, 5) is 11.9. The highest BCUT2D eigenvalue weighted by atomic mass is 16.5. The number of carbonyl (C=O) groups excluding carboxylic acids is 1. The van der Waals surface area contributed by atoms with E-state index in [4.69, 9.17) is 14.2 Å². The smallest absolute Gasteiger partial charge is 0.315 e. The van der Waals surface area contributed by atoms with Crippen molar-refractivity contribution < 1.29 is 19.0 Å². The van der Waals surface area contributed by atoms with Crippen LogP contribution in [0.25, 0.3) is 0 Å². The summed E-state index contributed by atoms with van der Waals surface area (Å²) in [5.41, 5.74) is 0.890. The maximum Gasteiger partial charge on any atom is 0.315 e. The lowest BCUT2D eigenvalue weighted by Gasteiger charge is -2.25. The van der Waals surface area contributed by atoms with Crippen molar-refractivity contribution in [2.75, 3.05) is 21.3 Å². The minimum atomic E-state index is -0.767. The molecule has 1 rings (SSSR count). The van der Waals surface area contributed by atoms with E-state index in [1.165, 1.54) is 7.11 Å². The van der Waals surface area contributed by atoms with Gasteiger partial charge in [0.25, 0.3) is 0 Å². The Morgan fingerprint density at radius 1 is 1.11 bits per heavy atom. The molecule has 4 heteroatoms. The Morgan fingerprint density at radius 2 is 1.72 bits per heavy atom. The molecule has 18 heavy (non-hydrogen) atoms.